The standard InChI is InChI=1S/C18H16NO/c1-14(20)17-10-4-2-8-16(17)13-19-12-6-9-15-7-3-5-11-18(15)19/h2-12H,13H2,1H3/q+1. The van der Waals surface area contributed by atoms with E-state index in [9.17, 15) is 4.79 Å². The molecule has 0 saturated heterocycles. The zero-order valence-corrected chi connectivity index (χ0v) is 11.4. The number of pyridine rings is 1. The third kappa shape index (κ3) is 2.32. The number of para-hydroxylation sites is 1. The highest BCUT2D eigenvalue weighted by molar-refractivity contribution is 5.95. The largest absolute Gasteiger partial charge is 0.294 e. The van der Waals surface area contributed by atoms with Crippen LogP contribution in [0, 0.1) is 0 Å². The molecule has 0 unspecified atom stereocenters. The molecular formula is C18H16NO+. The highest BCUT2D eigenvalue weighted by Crippen LogP contribution is 2.12. The molecule has 0 bridgehead atoms. The molecule has 3 rings (SSSR count). The summed E-state index contributed by atoms with van der Waals surface area (Å²) in [7, 11) is 0. The van der Waals surface area contributed by atoms with Crippen LogP contribution < -0.4 is 4.57 Å². The molecule has 0 aliphatic carbocycles. The molecule has 0 amide bonds. The maximum Gasteiger partial charge on any atom is 0.212 e. The summed E-state index contributed by atoms with van der Waals surface area (Å²) in [4.78, 5) is 11.7. The van der Waals surface area contributed by atoms with Gasteiger partial charge in [-0.05, 0) is 19.1 Å². The molecule has 0 saturated carbocycles. The molecule has 0 spiro atoms. The summed E-state index contributed by atoms with van der Waals surface area (Å²) in [6.07, 6.45) is 2.05. The van der Waals surface area contributed by atoms with Gasteiger partial charge in [0.1, 0.15) is 0 Å². The number of carbonyl (C=O) groups excluding carboxylic acids is 1. The Morgan fingerprint density at radius 1 is 0.950 bits per heavy atom. The molecular weight excluding hydrogens is 246 g/mol. The lowest BCUT2D eigenvalue weighted by molar-refractivity contribution is -0.662. The average molecular weight is 262 g/mol. The molecule has 1 heterocycles. The van der Waals surface area contributed by atoms with Crippen LogP contribution in [0.4, 0.5) is 0 Å². The van der Waals surface area contributed by atoms with E-state index in [1.807, 2.05) is 42.5 Å². The molecule has 98 valence electrons. The second-order valence-electron chi connectivity index (χ2n) is 4.91. The van der Waals surface area contributed by atoms with Crippen LogP contribution in [-0.4, -0.2) is 5.78 Å². The Bertz CT molecular complexity index is 772. The third-order valence-corrected chi connectivity index (χ3v) is 3.53. The van der Waals surface area contributed by atoms with Gasteiger partial charge in [-0.1, -0.05) is 36.4 Å². The number of fused-ring (bicyclic) bond motifs is 1. The van der Waals surface area contributed by atoms with Crippen LogP contribution in [0.2, 0.25) is 0 Å². The highest BCUT2D eigenvalue weighted by atomic mass is 16.1. The van der Waals surface area contributed by atoms with E-state index in [0.717, 1.165) is 11.1 Å². The van der Waals surface area contributed by atoms with E-state index in [1.165, 1.54) is 10.9 Å². The van der Waals surface area contributed by atoms with Gasteiger partial charge >= 0.3 is 0 Å². The van der Waals surface area contributed by atoms with Gasteiger partial charge in [-0.2, -0.15) is 4.57 Å². The summed E-state index contributed by atoms with van der Waals surface area (Å²) in [5, 5.41) is 1.20. The third-order valence-electron chi connectivity index (χ3n) is 3.53. The number of benzene rings is 2. The van der Waals surface area contributed by atoms with Gasteiger partial charge in [-0.15, -0.1) is 0 Å². The van der Waals surface area contributed by atoms with Crippen molar-refractivity contribution in [1.29, 1.82) is 0 Å². The maximum absolute atomic E-state index is 11.7. The van der Waals surface area contributed by atoms with Gasteiger partial charge in [0.2, 0.25) is 5.52 Å². The van der Waals surface area contributed by atoms with Gasteiger partial charge in [0.15, 0.2) is 18.5 Å². The lowest BCUT2D eigenvalue weighted by Crippen LogP contribution is -2.35. The second-order valence-corrected chi connectivity index (χ2v) is 4.91. The van der Waals surface area contributed by atoms with Crippen molar-refractivity contribution in [3.63, 3.8) is 0 Å². The van der Waals surface area contributed by atoms with E-state index in [1.54, 1.807) is 6.92 Å². The molecule has 2 heteroatoms. The molecule has 0 radical (unpaired) electrons. The topological polar surface area (TPSA) is 20.9 Å². The molecule has 0 atom stereocenters. The van der Waals surface area contributed by atoms with Crippen LogP contribution >= 0.6 is 0 Å². The monoisotopic (exact) mass is 262 g/mol. The number of ketones is 1. The first-order chi connectivity index (χ1) is 9.75. The molecule has 0 aliphatic heterocycles. The fraction of sp³-hybridized carbons (Fsp3) is 0.111. The Morgan fingerprint density at radius 2 is 1.65 bits per heavy atom. The van der Waals surface area contributed by atoms with E-state index in [2.05, 4.69) is 29.0 Å². The zero-order valence-electron chi connectivity index (χ0n) is 11.4. The Hall–Kier alpha value is -2.48. The summed E-state index contributed by atoms with van der Waals surface area (Å²) < 4.78 is 2.18. The Kier molecular flexibility index (Phi) is 3.30. The molecule has 1 aromatic heterocycles. The van der Waals surface area contributed by atoms with Crippen molar-refractivity contribution in [1.82, 2.24) is 0 Å². The predicted molar refractivity (Wildman–Crippen MR) is 79.7 cm³/mol. The smallest absolute Gasteiger partial charge is 0.212 e. The van der Waals surface area contributed by atoms with Crippen molar-refractivity contribution >= 4 is 16.7 Å². The number of Topliss-reactive ketones (excluding diaryl/α,β-unsaturated/α-hetero) is 1. The molecule has 0 fully saturated rings. The highest BCUT2D eigenvalue weighted by Gasteiger charge is 2.13. The van der Waals surface area contributed by atoms with Gasteiger partial charge in [0.05, 0.1) is 0 Å². The fourth-order valence-electron chi connectivity index (χ4n) is 2.54. The Balaban J connectivity index is 2.08. The first-order valence-corrected chi connectivity index (χ1v) is 6.72. The van der Waals surface area contributed by atoms with Crippen molar-refractivity contribution in [2.24, 2.45) is 0 Å². The van der Waals surface area contributed by atoms with Gasteiger partial charge in [0, 0.05) is 28.6 Å². The normalized spacial score (nSPS) is 10.7. The molecule has 2 aromatic carbocycles. The zero-order chi connectivity index (χ0) is 13.9. The van der Waals surface area contributed by atoms with Crippen molar-refractivity contribution in [2.45, 2.75) is 13.5 Å². The molecule has 2 nitrogen and oxygen atoms in total. The van der Waals surface area contributed by atoms with Gasteiger partial charge < -0.3 is 0 Å². The first-order valence-electron chi connectivity index (χ1n) is 6.72. The van der Waals surface area contributed by atoms with E-state index in [-0.39, 0.29) is 5.78 Å². The van der Waals surface area contributed by atoms with Crippen LogP contribution in [0.25, 0.3) is 10.9 Å². The van der Waals surface area contributed by atoms with Gasteiger partial charge in [0.25, 0.3) is 0 Å². The summed E-state index contributed by atoms with van der Waals surface area (Å²) in [5.74, 6) is 0.112. The number of nitrogens with zero attached hydrogens (tertiary/aromatic N) is 1. The van der Waals surface area contributed by atoms with Crippen LogP contribution in [-0.2, 0) is 6.54 Å². The van der Waals surface area contributed by atoms with Gasteiger partial charge in [-0.25, -0.2) is 0 Å². The summed E-state index contributed by atoms with van der Waals surface area (Å²) >= 11 is 0. The lowest BCUT2D eigenvalue weighted by atomic mass is 10.0. The number of hydrogen-bond acceptors (Lipinski definition) is 1. The Labute approximate surface area is 118 Å². The summed E-state index contributed by atoms with van der Waals surface area (Å²) in [6.45, 7) is 2.32. The van der Waals surface area contributed by atoms with Crippen LogP contribution in [0.1, 0.15) is 22.8 Å². The lowest BCUT2D eigenvalue weighted by Gasteiger charge is -2.05. The minimum atomic E-state index is 0.112. The van der Waals surface area contributed by atoms with E-state index in [0.29, 0.717) is 6.54 Å². The minimum absolute atomic E-state index is 0.112. The van der Waals surface area contributed by atoms with E-state index in [4.69, 9.17) is 0 Å². The van der Waals surface area contributed by atoms with Crippen LogP contribution in [0.5, 0.6) is 0 Å². The number of aromatic nitrogens is 1. The van der Waals surface area contributed by atoms with Crippen molar-refractivity contribution in [3.05, 3.63) is 78.0 Å². The quantitative estimate of drug-likeness (QED) is 0.523. The number of carbonyl (C=O) groups is 1. The number of hydrogen-bond donors (Lipinski definition) is 0. The molecule has 3 aromatic rings. The van der Waals surface area contributed by atoms with Crippen molar-refractivity contribution in [3.8, 4) is 0 Å². The molecule has 0 N–H and O–H groups in total. The molecule has 20 heavy (non-hydrogen) atoms. The van der Waals surface area contributed by atoms with Crippen molar-refractivity contribution < 1.29 is 9.36 Å². The maximum atomic E-state index is 11.7. The second kappa shape index (κ2) is 5.25. The average Bonchev–Trinajstić information content (AvgIpc) is 2.48. The summed E-state index contributed by atoms with van der Waals surface area (Å²) in [5.41, 5.74) is 3.03. The van der Waals surface area contributed by atoms with Gasteiger partial charge in [-0.3, -0.25) is 4.79 Å². The first kappa shape index (κ1) is 12.5. The van der Waals surface area contributed by atoms with Crippen LogP contribution in [0.15, 0.2) is 66.9 Å². The SMILES string of the molecule is CC(=O)c1ccccc1C[n+]1cccc2ccccc21. The molecule has 0 aliphatic rings. The minimum Gasteiger partial charge on any atom is -0.294 e. The number of rotatable bonds is 3. The van der Waals surface area contributed by atoms with E-state index >= 15 is 0 Å². The predicted octanol–water partition coefficient (Wildman–Crippen LogP) is 3.38. The van der Waals surface area contributed by atoms with E-state index < -0.39 is 0 Å². The fourth-order valence-corrected chi connectivity index (χ4v) is 2.54. The summed E-state index contributed by atoms with van der Waals surface area (Å²) in [6, 6.07) is 20.2. The van der Waals surface area contributed by atoms with Crippen molar-refractivity contribution in [2.75, 3.05) is 0 Å². The van der Waals surface area contributed by atoms with Crippen LogP contribution in [0.3, 0.4) is 0 Å². The Morgan fingerprint density at radius 3 is 2.50 bits per heavy atom.